The molecule has 0 bridgehead atoms. The minimum absolute atomic E-state index is 0.0294. The van der Waals surface area contributed by atoms with E-state index in [-0.39, 0.29) is 40.6 Å². The molecular formula is C47H62N2O6Si2. The molecule has 0 aromatic heterocycles. The van der Waals surface area contributed by atoms with Crippen molar-refractivity contribution in [3.63, 3.8) is 0 Å². The molecule has 0 spiro atoms. The van der Waals surface area contributed by atoms with E-state index in [0.29, 0.717) is 25.9 Å². The molecule has 4 aromatic rings. The number of benzene rings is 4. The van der Waals surface area contributed by atoms with E-state index in [4.69, 9.17) is 13.6 Å². The second-order valence-corrected chi connectivity index (χ2v) is 26.8. The number of nitrogens with zero attached hydrogens (tertiary/aromatic N) is 1. The zero-order valence-corrected chi connectivity index (χ0v) is 37.3. The molecule has 2 fully saturated rings. The molecule has 2 saturated heterocycles. The fourth-order valence-electron chi connectivity index (χ4n) is 8.24. The van der Waals surface area contributed by atoms with Crippen molar-refractivity contribution in [2.24, 2.45) is 0 Å². The molecule has 0 radical (unpaired) electrons. The minimum Gasteiger partial charge on any atom is -0.443 e. The number of ether oxygens (including phenoxy) is 1. The lowest BCUT2D eigenvalue weighted by Gasteiger charge is -2.44. The minimum atomic E-state index is -2.74. The maximum atomic E-state index is 12.8. The second-order valence-electron chi connectivity index (χ2n) is 18.2. The Labute approximate surface area is 342 Å². The number of amides is 3. The summed E-state index contributed by atoms with van der Waals surface area (Å²) in [6.45, 7) is 19.7. The first-order valence-electron chi connectivity index (χ1n) is 20.2. The maximum absolute atomic E-state index is 12.8. The molecule has 2 heterocycles. The van der Waals surface area contributed by atoms with Gasteiger partial charge in [0.25, 0.3) is 16.6 Å². The van der Waals surface area contributed by atoms with Crippen LogP contribution in [-0.2, 0) is 23.2 Å². The topological polar surface area (TPSA) is 94.2 Å². The van der Waals surface area contributed by atoms with Crippen LogP contribution in [0.5, 0.6) is 0 Å². The summed E-state index contributed by atoms with van der Waals surface area (Å²) in [6, 6.07) is 41.7. The van der Waals surface area contributed by atoms with Crippen LogP contribution in [0.1, 0.15) is 88.0 Å². The zero-order valence-electron chi connectivity index (χ0n) is 35.3. The van der Waals surface area contributed by atoms with Gasteiger partial charge in [-0.3, -0.25) is 9.59 Å². The van der Waals surface area contributed by atoms with Crippen LogP contribution in [0.3, 0.4) is 0 Å². The van der Waals surface area contributed by atoms with E-state index in [1.54, 1.807) is 20.8 Å². The van der Waals surface area contributed by atoms with Gasteiger partial charge in [0.1, 0.15) is 5.60 Å². The molecule has 0 unspecified atom stereocenters. The van der Waals surface area contributed by atoms with Crippen molar-refractivity contribution in [2.45, 2.75) is 116 Å². The molecule has 57 heavy (non-hydrogen) atoms. The number of hydrogen-bond donors (Lipinski definition) is 1. The normalized spacial score (nSPS) is 17.8. The third-order valence-electron chi connectivity index (χ3n) is 10.8. The van der Waals surface area contributed by atoms with E-state index in [9.17, 15) is 14.4 Å². The van der Waals surface area contributed by atoms with Crippen LogP contribution in [0, 0.1) is 0 Å². The lowest BCUT2D eigenvalue weighted by atomic mass is 10.2. The van der Waals surface area contributed by atoms with Crippen molar-refractivity contribution in [1.82, 2.24) is 10.2 Å². The van der Waals surface area contributed by atoms with E-state index in [1.807, 2.05) is 48.5 Å². The zero-order chi connectivity index (χ0) is 41.5. The van der Waals surface area contributed by atoms with Crippen LogP contribution in [-0.4, -0.2) is 70.3 Å². The Hall–Kier alpha value is -4.36. The lowest BCUT2D eigenvalue weighted by molar-refractivity contribution is -0.128. The standard InChI is InChI=1S/C26H35NO4Si.C21H27NO2Si/c1-25(2,3)31-24(29)27-20(17-18-23(27)28)19-30-32(26(4,5)6,21-13-9-7-10-14-21)22-15-11-8-12-16-22;1-21(2,3)25(18-10-6-4-7-11-18,19-12-8-5-9-13-19)24-16-17-14-15-20(23)22-17/h7-16,20H,17-19H2,1-6H3;4-13,17H,14-16H2,1-3H3,(H,22,23)/t20-;17-/m00/s1. The van der Waals surface area contributed by atoms with Crippen molar-refractivity contribution in [1.29, 1.82) is 0 Å². The van der Waals surface area contributed by atoms with E-state index in [2.05, 4.69) is 120 Å². The summed E-state index contributed by atoms with van der Waals surface area (Å²) in [5, 5.41) is 7.74. The average molecular weight is 807 g/mol. The number of nitrogens with one attached hydrogen (secondary N) is 1. The Morgan fingerprint density at radius 1 is 0.596 bits per heavy atom. The molecule has 10 heteroatoms. The summed E-state index contributed by atoms with van der Waals surface area (Å²) in [4.78, 5) is 38.2. The first-order chi connectivity index (χ1) is 26.9. The first kappa shape index (κ1) is 43.8. The molecule has 304 valence electrons. The molecule has 2 aliphatic heterocycles. The number of carbonyl (C=O) groups excluding carboxylic acids is 3. The predicted molar refractivity (Wildman–Crippen MR) is 234 cm³/mol. The Morgan fingerprint density at radius 3 is 1.32 bits per heavy atom. The summed E-state index contributed by atoms with van der Waals surface area (Å²) in [5.74, 6) is -0.0636. The molecule has 1 N–H and O–H groups in total. The summed E-state index contributed by atoms with van der Waals surface area (Å²) in [6.07, 6.45) is 1.78. The Morgan fingerprint density at radius 2 is 0.982 bits per heavy atom. The highest BCUT2D eigenvalue weighted by molar-refractivity contribution is 7.00. The Balaban J connectivity index is 0.000000224. The first-order valence-corrected chi connectivity index (χ1v) is 24.0. The highest BCUT2D eigenvalue weighted by atomic mass is 28.4. The monoisotopic (exact) mass is 806 g/mol. The van der Waals surface area contributed by atoms with Gasteiger partial charge < -0.3 is 18.9 Å². The molecule has 2 aliphatic rings. The maximum Gasteiger partial charge on any atom is 0.417 e. The van der Waals surface area contributed by atoms with Gasteiger partial charge in [0.05, 0.1) is 25.3 Å². The average Bonchev–Trinajstić information content (AvgIpc) is 3.76. The molecule has 2 atom stereocenters. The Kier molecular flexibility index (Phi) is 13.9. The largest absolute Gasteiger partial charge is 0.443 e. The van der Waals surface area contributed by atoms with E-state index in [0.717, 1.165) is 6.42 Å². The van der Waals surface area contributed by atoms with Crippen LogP contribution in [0.4, 0.5) is 4.79 Å². The van der Waals surface area contributed by atoms with Crippen LogP contribution >= 0.6 is 0 Å². The fourth-order valence-corrected chi connectivity index (χ4v) is 17.4. The summed E-state index contributed by atoms with van der Waals surface area (Å²) in [5.41, 5.74) is -0.663. The van der Waals surface area contributed by atoms with E-state index in [1.165, 1.54) is 25.6 Å². The smallest absolute Gasteiger partial charge is 0.417 e. The number of hydrogen-bond acceptors (Lipinski definition) is 6. The van der Waals surface area contributed by atoms with Gasteiger partial charge in [-0.2, -0.15) is 0 Å². The Bertz CT molecular complexity index is 1840. The van der Waals surface area contributed by atoms with Gasteiger partial charge in [-0.1, -0.05) is 163 Å². The lowest BCUT2D eigenvalue weighted by Crippen LogP contribution is -2.67. The van der Waals surface area contributed by atoms with Gasteiger partial charge in [0.15, 0.2) is 0 Å². The molecule has 4 aromatic carbocycles. The van der Waals surface area contributed by atoms with E-state index >= 15 is 0 Å². The molecular weight excluding hydrogens is 745 g/mol. The number of rotatable bonds is 10. The summed E-state index contributed by atoms with van der Waals surface area (Å²) < 4.78 is 19.3. The molecule has 6 rings (SSSR count). The van der Waals surface area contributed by atoms with Crippen molar-refractivity contribution >= 4 is 55.3 Å². The van der Waals surface area contributed by atoms with Gasteiger partial charge in [0.2, 0.25) is 11.8 Å². The SMILES string of the molecule is CC(C)(C)OC(=O)N1C(=O)CC[C@H]1CO[Si](c1ccccc1)(c1ccccc1)C(C)(C)C.CC(C)(C)[Si](OC[C@@H]1CCC(=O)N1)(c1ccccc1)c1ccccc1. The van der Waals surface area contributed by atoms with Crippen molar-refractivity contribution in [3.05, 3.63) is 121 Å². The fraction of sp³-hybridized carbons (Fsp3) is 0.426. The number of likely N-dealkylation sites (tertiary alicyclic amines) is 1. The van der Waals surface area contributed by atoms with Crippen LogP contribution in [0.2, 0.25) is 10.1 Å². The van der Waals surface area contributed by atoms with Crippen LogP contribution in [0.25, 0.3) is 0 Å². The summed E-state index contributed by atoms with van der Waals surface area (Å²) >= 11 is 0. The molecule has 0 saturated carbocycles. The number of imide groups is 1. The third kappa shape index (κ3) is 10.0. The van der Waals surface area contributed by atoms with Gasteiger partial charge in [-0.25, -0.2) is 9.69 Å². The van der Waals surface area contributed by atoms with Crippen LogP contribution in [0.15, 0.2) is 121 Å². The van der Waals surface area contributed by atoms with Gasteiger partial charge >= 0.3 is 6.09 Å². The quantitative estimate of drug-likeness (QED) is 0.169. The van der Waals surface area contributed by atoms with Gasteiger partial charge in [0, 0.05) is 12.8 Å². The van der Waals surface area contributed by atoms with Gasteiger partial charge in [-0.05, 0) is 64.4 Å². The second kappa shape index (κ2) is 18.1. The van der Waals surface area contributed by atoms with Crippen molar-refractivity contribution in [3.8, 4) is 0 Å². The molecule has 3 amide bonds. The molecule has 8 nitrogen and oxygen atoms in total. The molecule has 0 aliphatic carbocycles. The van der Waals surface area contributed by atoms with E-state index < -0.39 is 28.3 Å². The van der Waals surface area contributed by atoms with Crippen molar-refractivity contribution in [2.75, 3.05) is 13.2 Å². The third-order valence-corrected chi connectivity index (χ3v) is 20.8. The van der Waals surface area contributed by atoms with Gasteiger partial charge in [-0.15, -0.1) is 0 Å². The van der Waals surface area contributed by atoms with Crippen molar-refractivity contribution < 1.29 is 28.0 Å². The van der Waals surface area contributed by atoms with Crippen LogP contribution < -0.4 is 26.1 Å². The highest BCUT2D eigenvalue weighted by Crippen LogP contribution is 2.38. The number of carbonyl (C=O) groups is 3. The highest BCUT2D eigenvalue weighted by Gasteiger charge is 2.52. The summed E-state index contributed by atoms with van der Waals surface area (Å²) in [7, 11) is -5.23. The predicted octanol–water partition coefficient (Wildman–Crippen LogP) is 7.33.